The first-order valence-corrected chi connectivity index (χ1v) is 5.31. The van der Waals surface area contributed by atoms with Gasteiger partial charge in [0, 0.05) is 0 Å². The number of carboxylic acid groups (broad SMARTS) is 1. The Balaban J connectivity index is 2.35. The number of rotatable bonds is 2. The van der Waals surface area contributed by atoms with Gasteiger partial charge in [0.25, 0.3) is 0 Å². The molecule has 1 aromatic heterocycles. The first kappa shape index (κ1) is 10.9. The predicted molar refractivity (Wildman–Crippen MR) is 56.4 cm³/mol. The number of likely N-dealkylation sites (tertiary alicyclic amines) is 1. The molecule has 0 bridgehead atoms. The summed E-state index contributed by atoms with van der Waals surface area (Å²) in [5, 5.41) is 22.4. The van der Waals surface area contributed by atoms with Crippen molar-refractivity contribution in [2.45, 2.75) is 25.4 Å². The highest BCUT2D eigenvalue weighted by atomic mass is 16.4. The maximum absolute atomic E-state index is 11.0. The van der Waals surface area contributed by atoms with Gasteiger partial charge in [-0.1, -0.05) is 0 Å². The van der Waals surface area contributed by atoms with Gasteiger partial charge in [0.2, 0.25) is 0 Å². The molecule has 88 valence electrons. The molecule has 1 atom stereocenters. The van der Waals surface area contributed by atoms with E-state index in [9.17, 15) is 9.90 Å². The van der Waals surface area contributed by atoms with Crippen LogP contribution >= 0.6 is 0 Å². The van der Waals surface area contributed by atoms with E-state index < -0.39 is 5.97 Å². The number of aromatic nitrogens is 2. The van der Waals surface area contributed by atoms with Crippen LogP contribution < -0.4 is 0 Å². The normalized spacial score (nSPS) is 22.2. The van der Waals surface area contributed by atoms with Crippen LogP contribution in [-0.4, -0.2) is 44.5 Å². The average molecular weight is 225 g/mol. The standard InChI is InChI=1S/C10H15N3O3/c1-12-5-3-2-4-8(12)13-9(10(15)16)7(14)6-11-13/h6,8,14H,2-5H2,1H3,(H,15,16). The third-order valence-electron chi connectivity index (χ3n) is 2.99. The zero-order valence-electron chi connectivity index (χ0n) is 9.13. The molecule has 2 heterocycles. The lowest BCUT2D eigenvalue weighted by Gasteiger charge is -2.32. The average Bonchev–Trinajstić information content (AvgIpc) is 2.61. The molecule has 2 rings (SSSR count). The van der Waals surface area contributed by atoms with Gasteiger partial charge in [-0.25, -0.2) is 9.48 Å². The van der Waals surface area contributed by atoms with Gasteiger partial charge >= 0.3 is 5.97 Å². The van der Waals surface area contributed by atoms with Crippen molar-refractivity contribution in [2.75, 3.05) is 13.6 Å². The summed E-state index contributed by atoms with van der Waals surface area (Å²) >= 11 is 0. The monoisotopic (exact) mass is 225 g/mol. The third-order valence-corrected chi connectivity index (χ3v) is 2.99. The molecule has 0 spiro atoms. The van der Waals surface area contributed by atoms with Gasteiger partial charge in [-0.15, -0.1) is 0 Å². The van der Waals surface area contributed by atoms with Gasteiger partial charge in [-0.2, -0.15) is 5.10 Å². The number of carbonyl (C=O) groups is 1. The van der Waals surface area contributed by atoms with Crippen molar-refractivity contribution in [3.05, 3.63) is 11.9 Å². The Kier molecular flexibility index (Phi) is 2.82. The molecule has 6 nitrogen and oxygen atoms in total. The SMILES string of the molecule is CN1CCCCC1n1ncc(O)c1C(=O)O. The van der Waals surface area contributed by atoms with Crippen molar-refractivity contribution in [3.8, 4) is 5.75 Å². The van der Waals surface area contributed by atoms with Gasteiger partial charge in [0.05, 0.1) is 6.20 Å². The first-order chi connectivity index (χ1) is 7.61. The zero-order chi connectivity index (χ0) is 11.7. The molecule has 1 saturated heterocycles. The van der Waals surface area contributed by atoms with Crippen LogP contribution in [0.25, 0.3) is 0 Å². The van der Waals surface area contributed by atoms with E-state index in [1.54, 1.807) is 0 Å². The Morgan fingerprint density at radius 3 is 2.94 bits per heavy atom. The fourth-order valence-electron chi connectivity index (χ4n) is 2.15. The van der Waals surface area contributed by atoms with Crippen LogP contribution in [0.4, 0.5) is 0 Å². The zero-order valence-corrected chi connectivity index (χ0v) is 9.13. The second-order valence-electron chi connectivity index (χ2n) is 4.09. The molecule has 16 heavy (non-hydrogen) atoms. The minimum absolute atomic E-state index is 0.0688. The number of piperidine rings is 1. The Bertz CT molecular complexity index is 402. The van der Waals surface area contributed by atoms with Crippen LogP contribution in [0.1, 0.15) is 35.9 Å². The molecule has 0 saturated carbocycles. The van der Waals surface area contributed by atoms with Gasteiger partial charge < -0.3 is 10.2 Å². The number of nitrogens with zero attached hydrogens (tertiary/aromatic N) is 3. The second kappa shape index (κ2) is 4.13. The maximum Gasteiger partial charge on any atom is 0.358 e. The van der Waals surface area contributed by atoms with E-state index in [2.05, 4.69) is 10.00 Å². The minimum atomic E-state index is -1.14. The molecule has 0 amide bonds. The van der Waals surface area contributed by atoms with Crippen LogP contribution in [-0.2, 0) is 0 Å². The molecule has 0 radical (unpaired) electrons. The van der Waals surface area contributed by atoms with Crippen LogP contribution in [0.3, 0.4) is 0 Å². The molecule has 1 aliphatic heterocycles. The lowest BCUT2D eigenvalue weighted by atomic mass is 10.1. The van der Waals surface area contributed by atoms with Crippen molar-refractivity contribution in [1.29, 1.82) is 0 Å². The molecule has 0 aliphatic carbocycles. The molecular weight excluding hydrogens is 210 g/mol. The molecule has 0 aromatic carbocycles. The number of aromatic hydroxyl groups is 1. The highest BCUT2D eigenvalue weighted by Gasteiger charge is 2.27. The van der Waals surface area contributed by atoms with E-state index in [1.165, 1.54) is 10.9 Å². The number of carboxylic acids is 1. The molecule has 1 fully saturated rings. The van der Waals surface area contributed by atoms with Gasteiger partial charge in [-0.05, 0) is 32.9 Å². The molecule has 2 N–H and O–H groups in total. The summed E-state index contributed by atoms with van der Waals surface area (Å²) in [5.41, 5.74) is -0.126. The quantitative estimate of drug-likeness (QED) is 0.781. The fourth-order valence-corrected chi connectivity index (χ4v) is 2.15. The molecular formula is C10H15N3O3. The van der Waals surface area contributed by atoms with Crippen molar-refractivity contribution in [1.82, 2.24) is 14.7 Å². The number of hydrogen-bond acceptors (Lipinski definition) is 4. The fraction of sp³-hybridized carbons (Fsp3) is 0.600. The van der Waals surface area contributed by atoms with E-state index in [0.717, 1.165) is 25.8 Å². The third kappa shape index (κ3) is 1.76. The summed E-state index contributed by atoms with van der Waals surface area (Å²) in [6.07, 6.45) is 4.14. The maximum atomic E-state index is 11.0. The Labute approximate surface area is 93.1 Å². The number of hydrogen-bond donors (Lipinski definition) is 2. The smallest absolute Gasteiger partial charge is 0.358 e. The summed E-state index contributed by atoms with van der Waals surface area (Å²) in [5.74, 6) is -1.42. The van der Waals surface area contributed by atoms with Gasteiger partial charge in [-0.3, -0.25) is 4.90 Å². The molecule has 1 aliphatic rings. The van der Waals surface area contributed by atoms with Crippen molar-refractivity contribution < 1.29 is 15.0 Å². The van der Waals surface area contributed by atoms with Crippen LogP contribution in [0.5, 0.6) is 5.75 Å². The summed E-state index contributed by atoms with van der Waals surface area (Å²) in [6, 6.07) is 0. The lowest BCUT2D eigenvalue weighted by molar-refractivity contribution is 0.0639. The highest BCUT2D eigenvalue weighted by molar-refractivity contribution is 5.88. The molecule has 1 aromatic rings. The minimum Gasteiger partial charge on any atom is -0.504 e. The van der Waals surface area contributed by atoms with E-state index in [-0.39, 0.29) is 17.6 Å². The number of aromatic carboxylic acids is 1. The Morgan fingerprint density at radius 1 is 1.56 bits per heavy atom. The summed E-state index contributed by atoms with van der Waals surface area (Å²) in [4.78, 5) is 13.1. The summed E-state index contributed by atoms with van der Waals surface area (Å²) in [7, 11) is 1.94. The largest absolute Gasteiger partial charge is 0.504 e. The lowest BCUT2D eigenvalue weighted by Crippen LogP contribution is -2.35. The van der Waals surface area contributed by atoms with E-state index >= 15 is 0 Å². The van der Waals surface area contributed by atoms with E-state index in [0.29, 0.717) is 0 Å². The van der Waals surface area contributed by atoms with Crippen LogP contribution in [0.15, 0.2) is 6.20 Å². The second-order valence-corrected chi connectivity index (χ2v) is 4.09. The Hall–Kier alpha value is -1.56. The van der Waals surface area contributed by atoms with E-state index in [4.69, 9.17) is 5.11 Å². The van der Waals surface area contributed by atoms with Gasteiger partial charge in [0.15, 0.2) is 11.4 Å². The summed E-state index contributed by atoms with van der Waals surface area (Å²) < 4.78 is 1.40. The predicted octanol–water partition coefficient (Wildman–Crippen LogP) is 0.901. The molecule has 6 heteroatoms. The summed E-state index contributed by atoms with van der Waals surface area (Å²) in [6.45, 7) is 0.921. The van der Waals surface area contributed by atoms with Crippen LogP contribution in [0, 0.1) is 0 Å². The van der Waals surface area contributed by atoms with Crippen molar-refractivity contribution in [2.24, 2.45) is 0 Å². The van der Waals surface area contributed by atoms with Crippen LogP contribution in [0.2, 0.25) is 0 Å². The van der Waals surface area contributed by atoms with E-state index in [1.807, 2.05) is 7.05 Å². The van der Waals surface area contributed by atoms with Crippen molar-refractivity contribution >= 4 is 5.97 Å². The topological polar surface area (TPSA) is 78.6 Å². The highest BCUT2D eigenvalue weighted by Crippen LogP contribution is 2.28. The molecule has 1 unspecified atom stereocenters. The van der Waals surface area contributed by atoms with Crippen molar-refractivity contribution in [3.63, 3.8) is 0 Å². The first-order valence-electron chi connectivity index (χ1n) is 5.31. The van der Waals surface area contributed by atoms with Gasteiger partial charge in [0.1, 0.15) is 6.17 Å². The Morgan fingerprint density at radius 2 is 2.31 bits per heavy atom.